The lowest BCUT2D eigenvalue weighted by Crippen LogP contribution is -2.28. The Kier molecular flexibility index (Phi) is 5.06. The summed E-state index contributed by atoms with van der Waals surface area (Å²) in [5.41, 5.74) is 1.08. The van der Waals surface area contributed by atoms with Crippen molar-refractivity contribution < 1.29 is 4.79 Å². The van der Waals surface area contributed by atoms with Crippen LogP contribution in [0, 0.1) is 18.3 Å². The quantitative estimate of drug-likeness (QED) is 0.845. The summed E-state index contributed by atoms with van der Waals surface area (Å²) in [6, 6.07) is 3.65. The summed E-state index contributed by atoms with van der Waals surface area (Å²) in [5, 5.41) is 11.5. The van der Waals surface area contributed by atoms with Crippen LogP contribution in [0.1, 0.15) is 29.5 Å². The number of amides is 1. The van der Waals surface area contributed by atoms with E-state index in [0.29, 0.717) is 31.2 Å². The molecule has 0 bridgehead atoms. The van der Waals surface area contributed by atoms with Crippen molar-refractivity contribution in [3.8, 4) is 6.07 Å². The van der Waals surface area contributed by atoms with Gasteiger partial charge in [-0.2, -0.15) is 5.26 Å². The maximum Gasteiger partial charge on any atom is 0.272 e. The predicted molar refractivity (Wildman–Crippen MR) is 68.1 cm³/mol. The van der Waals surface area contributed by atoms with Gasteiger partial charge in [0.05, 0.1) is 12.5 Å². The van der Waals surface area contributed by atoms with Gasteiger partial charge in [0.2, 0.25) is 5.95 Å². The van der Waals surface area contributed by atoms with E-state index in [1.165, 1.54) is 4.90 Å². The minimum absolute atomic E-state index is 0.199. The van der Waals surface area contributed by atoms with Crippen LogP contribution in [-0.4, -0.2) is 40.9 Å². The van der Waals surface area contributed by atoms with Crippen molar-refractivity contribution in [2.45, 2.75) is 20.3 Å². The number of nitriles is 1. The highest BCUT2D eigenvalue weighted by atomic mass is 16.2. The van der Waals surface area contributed by atoms with Crippen molar-refractivity contribution in [3.63, 3.8) is 0 Å². The second kappa shape index (κ2) is 6.55. The molecule has 6 heteroatoms. The van der Waals surface area contributed by atoms with E-state index in [1.54, 1.807) is 13.1 Å². The van der Waals surface area contributed by atoms with Crippen LogP contribution in [0.4, 0.5) is 5.95 Å². The zero-order chi connectivity index (χ0) is 13.5. The molecule has 0 atom stereocenters. The first-order chi connectivity index (χ1) is 8.58. The Balaban J connectivity index is 2.88. The van der Waals surface area contributed by atoms with Crippen molar-refractivity contribution in [3.05, 3.63) is 17.5 Å². The third kappa shape index (κ3) is 3.70. The molecule has 0 aromatic carbocycles. The van der Waals surface area contributed by atoms with Gasteiger partial charge in [0.25, 0.3) is 5.91 Å². The summed E-state index contributed by atoms with van der Waals surface area (Å²) in [5.74, 6) is 0.254. The standard InChI is InChI=1S/C12H17N5O/c1-4-14-12-15-9(2)8-10(16-12)11(18)17(3)7-5-6-13/h8H,4-5,7H2,1-3H3,(H,14,15,16). The Bertz CT molecular complexity index is 466. The summed E-state index contributed by atoms with van der Waals surface area (Å²) in [4.78, 5) is 21.9. The van der Waals surface area contributed by atoms with Gasteiger partial charge in [0.15, 0.2) is 0 Å². The Morgan fingerprint density at radius 2 is 2.28 bits per heavy atom. The Labute approximate surface area is 107 Å². The van der Waals surface area contributed by atoms with Gasteiger partial charge in [-0.25, -0.2) is 9.97 Å². The van der Waals surface area contributed by atoms with Gasteiger partial charge in [-0.15, -0.1) is 0 Å². The average molecular weight is 247 g/mol. The number of hydrogen-bond acceptors (Lipinski definition) is 5. The number of carbonyl (C=O) groups is 1. The van der Waals surface area contributed by atoms with Crippen LogP contribution in [0.25, 0.3) is 0 Å². The molecule has 0 aliphatic carbocycles. The van der Waals surface area contributed by atoms with Gasteiger partial charge < -0.3 is 10.2 Å². The normalized spacial score (nSPS) is 9.67. The van der Waals surface area contributed by atoms with Gasteiger partial charge in [0.1, 0.15) is 5.69 Å². The first-order valence-electron chi connectivity index (χ1n) is 5.80. The van der Waals surface area contributed by atoms with Crippen LogP contribution in [0.3, 0.4) is 0 Å². The molecule has 0 radical (unpaired) electrons. The van der Waals surface area contributed by atoms with Crippen LogP contribution in [-0.2, 0) is 0 Å². The molecule has 0 unspecified atom stereocenters. The summed E-state index contributed by atoms with van der Waals surface area (Å²) in [6.07, 6.45) is 0.312. The first kappa shape index (κ1) is 13.9. The molecule has 0 aliphatic rings. The third-order valence-electron chi connectivity index (χ3n) is 2.31. The fourth-order valence-corrected chi connectivity index (χ4v) is 1.43. The molecule has 1 aromatic rings. The molecule has 6 nitrogen and oxygen atoms in total. The number of nitrogens with zero attached hydrogens (tertiary/aromatic N) is 4. The van der Waals surface area contributed by atoms with Crippen LogP contribution < -0.4 is 5.32 Å². The van der Waals surface area contributed by atoms with Crippen molar-refractivity contribution in [2.75, 3.05) is 25.5 Å². The van der Waals surface area contributed by atoms with Crippen molar-refractivity contribution >= 4 is 11.9 Å². The number of hydrogen-bond donors (Lipinski definition) is 1. The lowest BCUT2D eigenvalue weighted by Gasteiger charge is -2.15. The smallest absolute Gasteiger partial charge is 0.272 e. The lowest BCUT2D eigenvalue weighted by molar-refractivity contribution is 0.0792. The SMILES string of the molecule is CCNc1nc(C)cc(C(=O)N(C)CCC#N)n1. The average Bonchev–Trinajstić information content (AvgIpc) is 2.34. The number of carbonyl (C=O) groups excluding carboxylic acids is 1. The highest BCUT2D eigenvalue weighted by Gasteiger charge is 2.14. The third-order valence-corrected chi connectivity index (χ3v) is 2.31. The highest BCUT2D eigenvalue weighted by molar-refractivity contribution is 5.92. The molecule has 0 saturated heterocycles. The van der Waals surface area contributed by atoms with E-state index in [4.69, 9.17) is 5.26 Å². The predicted octanol–water partition coefficient (Wildman–Crippen LogP) is 1.20. The summed E-state index contributed by atoms with van der Waals surface area (Å²) in [7, 11) is 1.66. The topological polar surface area (TPSA) is 81.9 Å². The number of rotatable bonds is 5. The van der Waals surface area contributed by atoms with Gasteiger partial charge in [0, 0.05) is 25.8 Å². The zero-order valence-electron chi connectivity index (χ0n) is 10.9. The molecule has 96 valence electrons. The highest BCUT2D eigenvalue weighted by Crippen LogP contribution is 2.07. The second-order valence-corrected chi connectivity index (χ2v) is 3.88. The minimum atomic E-state index is -0.199. The first-order valence-corrected chi connectivity index (χ1v) is 5.80. The Morgan fingerprint density at radius 1 is 1.56 bits per heavy atom. The molecule has 1 amide bonds. The second-order valence-electron chi connectivity index (χ2n) is 3.88. The maximum atomic E-state index is 12.1. The van der Waals surface area contributed by atoms with Crippen molar-refractivity contribution in [2.24, 2.45) is 0 Å². The van der Waals surface area contributed by atoms with Crippen LogP contribution in [0.5, 0.6) is 0 Å². The molecule has 0 fully saturated rings. The van der Waals surface area contributed by atoms with E-state index in [2.05, 4.69) is 15.3 Å². The van der Waals surface area contributed by atoms with E-state index in [-0.39, 0.29) is 5.91 Å². The van der Waals surface area contributed by atoms with E-state index in [0.717, 1.165) is 5.69 Å². The summed E-state index contributed by atoms with van der Waals surface area (Å²) in [6.45, 7) is 4.84. The van der Waals surface area contributed by atoms with E-state index in [1.807, 2.05) is 19.9 Å². The molecule has 1 N–H and O–H groups in total. The molecule has 0 saturated carbocycles. The molecule has 0 spiro atoms. The van der Waals surface area contributed by atoms with Crippen LogP contribution >= 0.6 is 0 Å². The molecular formula is C12H17N5O. The number of anilines is 1. The maximum absolute atomic E-state index is 12.1. The molecule has 1 heterocycles. The fourth-order valence-electron chi connectivity index (χ4n) is 1.43. The van der Waals surface area contributed by atoms with Crippen molar-refractivity contribution in [1.29, 1.82) is 5.26 Å². The molecule has 1 rings (SSSR count). The van der Waals surface area contributed by atoms with E-state index < -0.39 is 0 Å². The van der Waals surface area contributed by atoms with E-state index in [9.17, 15) is 4.79 Å². The van der Waals surface area contributed by atoms with Crippen LogP contribution in [0.2, 0.25) is 0 Å². The number of aromatic nitrogens is 2. The minimum Gasteiger partial charge on any atom is -0.354 e. The van der Waals surface area contributed by atoms with Gasteiger partial charge in [-0.05, 0) is 19.9 Å². The number of aryl methyl sites for hydroxylation is 1. The summed E-state index contributed by atoms with van der Waals surface area (Å²) >= 11 is 0. The van der Waals surface area contributed by atoms with Crippen molar-refractivity contribution in [1.82, 2.24) is 14.9 Å². The largest absolute Gasteiger partial charge is 0.354 e. The lowest BCUT2D eigenvalue weighted by atomic mass is 10.3. The zero-order valence-corrected chi connectivity index (χ0v) is 10.9. The molecule has 1 aromatic heterocycles. The molecular weight excluding hydrogens is 230 g/mol. The van der Waals surface area contributed by atoms with Gasteiger partial charge in [-0.1, -0.05) is 0 Å². The number of nitrogens with one attached hydrogen (secondary N) is 1. The van der Waals surface area contributed by atoms with E-state index >= 15 is 0 Å². The Morgan fingerprint density at radius 3 is 2.89 bits per heavy atom. The summed E-state index contributed by atoms with van der Waals surface area (Å²) < 4.78 is 0. The molecule has 0 aliphatic heterocycles. The monoisotopic (exact) mass is 247 g/mol. The van der Waals surface area contributed by atoms with Crippen LogP contribution in [0.15, 0.2) is 6.07 Å². The molecule has 18 heavy (non-hydrogen) atoms. The van der Waals surface area contributed by atoms with Gasteiger partial charge in [-0.3, -0.25) is 4.79 Å². The van der Waals surface area contributed by atoms with Gasteiger partial charge >= 0.3 is 0 Å². The Hall–Kier alpha value is -2.16. The fraction of sp³-hybridized carbons (Fsp3) is 0.500.